The van der Waals surface area contributed by atoms with E-state index in [2.05, 4.69) is 20.3 Å². The molecule has 2 aromatic rings. The van der Waals surface area contributed by atoms with Crippen molar-refractivity contribution in [3.05, 3.63) is 23.5 Å². The minimum atomic E-state index is 0.515. The van der Waals surface area contributed by atoms with E-state index >= 15 is 0 Å². The van der Waals surface area contributed by atoms with E-state index in [0.29, 0.717) is 5.15 Å². The molecule has 1 saturated heterocycles. The molecule has 16 heavy (non-hydrogen) atoms. The third-order valence-electron chi connectivity index (χ3n) is 2.75. The fraction of sp³-hybridized carbons (Fsp3) is 0.400. The van der Waals surface area contributed by atoms with E-state index in [4.69, 9.17) is 11.6 Å². The molecular formula is C10H12ClN5. The summed E-state index contributed by atoms with van der Waals surface area (Å²) in [6.45, 7) is 3.91. The van der Waals surface area contributed by atoms with E-state index in [1.807, 2.05) is 16.6 Å². The molecule has 3 heterocycles. The number of rotatable bonds is 1. The van der Waals surface area contributed by atoms with Gasteiger partial charge in [-0.15, -0.1) is 0 Å². The van der Waals surface area contributed by atoms with Crippen LogP contribution in [-0.4, -0.2) is 40.8 Å². The van der Waals surface area contributed by atoms with Crippen LogP contribution in [0.25, 0.3) is 5.65 Å². The Labute approximate surface area is 98.0 Å². The first-order valence-electron chi connectivity index (χ1n) is 5.30. The summed E-state index contributed by atoms with van der Waals surface area (Å²) in [7, 11) is 0. The molecule has 1 fully saturated rings. The van der Waals surface area contributed by atoms with E-state index in [1.165, 1.54) is 0 Å². The minimum Gasteiger partial charge on any atom is -0.354 e. The molecule has 0 aromatic carbocycles. The third-order valence-corrected chi connectivity index (χ3v) is 2.94. The molecule has 0 unspecified atom stereocenters. The van der Waals surface area contributed by atoms with Gasteiger partial charge in [0.05, 0.1) is 6.20 Å². The van der Waals surface area contributed by atoms with Crippen molar-refractivity contribution in [2.75, 3.05) is 31.1 Å². The topological polar surface area (TPSA) is 45.5 Å². The number of halogens is 1. The van der Waals surface area contributed by atoms with Gasteiger partial charge in [-0.3, -0.25) is 0 Å². The van der Waals surface area contributed by atoms with Gasteiger partial charge in [0.1, 0.15) is 11.0 Å². The predicted octanol–water partition coefficient (Wildman–Crippen LogP) is 0.792. The van der Waals surface area contributed by atoms with Crippen LogP contribution in [0.15, 0.2) is 18.3 Å². The SMILES string of the molecule is Clc1cc(N2CCNCC2)n2nccc2n1. The van der Waals surface area contributed by atoms with Crippen molar-refractivity contribution in [3.8, 4) is 0 Å². The maximum Gasteiger partial charge on any atom is 0.159 e. The molecule has 5 nitrogen and oxygen atoms in total. The Morgan fingerprint density at radius 2 is 2.12 bits per heavy atom. The monoisotopic (exact) mass is 237 g/mol. The first-order valence-corrected chi connectivity index (χ1v) is 5.68. The number of anilines is 1. The normalized spacial score (nSPS) is 16.9. The summed E-state index contributed by atoms with van der Waals surface area (Å²) < 4.78 is 1.83. The molecule has 1 N–H and O–H groups in total. The largest absolute Gasteiger partial charge is 0.354 e. The molecule has 0 radical (unpaired) electrons. The summed E-state index contributed by atoms with van der Waals surface area (Å²) in [4.78, 5) is 6.48. The highest BCUT2D eigenvalue weighted by Crippen LogP contribution is 2.19. The summed E-state index contributed by atoms with van der Waals surface area (Å²) >= 11 is 6.01. The van der Waals surface area contributed by atoms with E-state index in [-0.39, 0.29) is 0 Å². The maximum absolute atomic E-state index is 6.01. The van der Waals surface area contributed by atoms with Crippen molar-refractivity contribution in [1.82, 2.24) is 19.9 Å². The second kappa shape index (κ2) is 3.92. The highest BCUT2D eigenvalue weighted by atomic mass is 35.5. The van der Waals surface area contributed by atoms with Crippen molar-refractivity contribution in [3.63, 3.8) is 0 Å². The number of nitrogens with one attached hydrogen (secondary N) is 1. The average Bonchev–Trinajstić information content (AvgIpc) is 2.77. The zero-order valence-electron chi connectivity index (χ0n) is 8.73. The van der Waals surface area contributed by atoms with Crippen molar-refractivity contribution >= 4 is 23.1 Å². The quantitative estimate of drug-likeness (QED) is 0.745. The first-order chi connectivity index (χ1) is 7.84. The fourth-order valence-corrected chi connectivity index (χ4v) is 2.17. The summed E-state index contributed by atoms with van der Waals surface area (Å²) in [6, 6.07) is 3.73. The molecule has 0 spiro atoms. The Kier molecular flexibility index (Phi) is 2.41. The van der Waals surface area contributed by atoms with Gasteiger partial charge >= 0.3 is 0 Å². The van der Waals surface area contributed by atoms with Gasteiger partial charge in [0, 0.05) is 38.3 Å². The highest BCUT2D eigenvalue weighted by molar-refractivity contribution is 6.29. The second-order valence-corrected chi connectivity index (χ2v) is 4.16. The van der Waals surface area contributed by atoms with Crippen LogP contribution in [0.1, 0.15) is 0 Å². The standard InChI is InChI=1S/C10H12ClN5/c11-8-7-10(15-5-3-12-4-6-15)16-9(14-8)1-2-13-16/h1-2,7,12H,3-6H2. The molecule has 0 atom stereocenters. The second-order valence-electron chi connectivity index (χ2n) is 3.78. The van der Waals surface area contributed by atoms with Crippen molar-refractivity contribution in [2.24, 2.45) is 0 Å². The molecule has 1 aliphatic rings. The zero-order valence-corrected chi connectivity index (χ0v) is 9.48. The lowest BCUT2D eigenvalue weighted by molar-refractivity contribution is 0.580. The number of piperazine rings is 1. The molecule has 84 valence electrons. The molecule has 1 aliphatic heterocycles. The maximum atomic E-state index is 6.01. The van der Waals surface area contributed by atoms with E-state index in [9.17, 15) is 0 Å². The van der Waals surface area contributed by atoms with Gasteiger partial charge in [0.25, 0.3) is 0 Å². The molecule has 0 amide bonds. The van der Waals surface area contributed by atoms with Crippen LogP contribution in [0.5, 0.6) is 0 Å². The number of nitrogens with zero attached hydrogens (tertiary/aromatic N) is 4. The molecule has 0 saturated carbocycles. The molecule has 0 bridgehead atoms. The van der Waals surface area contributed by atoms with Gasteiger partial charge < -0.3 is 10.2 Å². The summed E-state index contributed by atoms with van der Waals surface area (Å²) in [6.07, 6.45) is 1.74. The zero-order chi connectivity index (χ0) is 11.0. The fourth-order valence-electron chi connectivity index (χ4n) is 1.99. The number of hydrogen-bond donors (Lipinski definition) is 1. The van der Waals surface area contributed by atoms with Crippen LogP contribution in [-0.2, 0) is 0 Å². The van der Waals surface area contributed by atoms with E-state index < -0.39 is 0 Å². The van der Waals surface area contributed by atoms with Crippen LogP contribution >= 0.6 is 11.6 Å². The van der Waals surface area contributed by atoms with Crippen molar-refractivity contribution in [1.29, 1.82) is 0 Å². The Morgan fingerprint density at radius 1 is 1.31 bits per heavy atom. The first kappa shape index (κ1) is 9.86. The van der Waals surface area contributed by atoms with Crippen molar-refractivity contribution < 1.29 is 0 Å². The molecule has 6 heteroatoms. The third kappa shape index (κ3) is 1.62. The van der Waals surface area contributed by atoms with Gasteiger partial charge in [0.2, 0.25) is 0 Å². The number of fused-ring (bicyclic) bond motifs is 1. The van der Waals surface area contributed by atoms with Crippen LogP contribution in [0.4, 0.5) is 5.82 Å². The molecule has 0 aliphatic carbocycles. The van der Waals surface area contributed by atoms with E-state index in [0.717, 1.165) is 37.6 Å². The predicted molar refractivity (Wildman–Crippen MR) is 63.1 cm³/mol. The average molecular weight is 238 g/mol. The van der Waals surface area contributed by atoms with Crippen LogP contribution in [0.2, 0.25) is 5.15 Å². The minimum absolute atomic E-state index is 0.515. The molecule has 2 aromatic heterocycles. The number of aromatic nitrogens is 3. The van der Waals surface area contributed by atoms with Crippen LogP contribution in [0, 0.1) is 0 Å². The Balaban J connectivity index is 2.09. The summed E-state index contributed by atoms with van der Waals surface area (Å²) in [5.41, 5.74) is 0.793. The Bertz CT molecular complexity index is 503. The Hall–Kier alpha value is -1.33. The van der Waals surface area contributed by atoms with E-state index in [1.54, 1.807) is 6.20 Å². The lowest BCUT2D eigenvalue weighted by atomic mass is 10.3. The van der Waals surface area contributed by atoms with Gasteiger partial charge in [-0.05, 0) is 0 Å². The summed E-state index contributed by atoms with van der Waals surface area (Å²) in [5.74, 6) is 1.02. The molecular weight excluding hydrogens is 226 g/mol. The number of hydrogen-bond acceptors (Lipinski definition) is 4. The van der Waals surface area contributed by atoms with Gasteiger partial charge in [-0.1, -0.05) is 11.6 Å². The van der Waals surface area contributed by atoms with Gasteiger partial charge in [-0.2, -0.15) is 9.61 Å². The van der Waals surface area contributed by atoms with Gasteiger partial charge in [-0.25, -0.2) is 4.98 Å². The highest BCUT2D eigenvalue weighted by Gasteiger charge is 2.15. The lowest BCUT2D eigenvalue weighted by Crippen LogP contribution is -2.44. The molecule has 3 rings (SSSR count). The lowest BCUT2D eigenvalue weighted by Gasteiger charge is -2.29. The van der Waals surface area contributed by atoms with Crippen LogP contribution in [0.3, 0.4) is 0 Å². The smallest absolute Gasteiger partial charge is 0.159 e. The Morgan fingerprint density at radius 3 is 2.94 bits per heavy atom. The van der Waals surface area contributed by atoms with Crippen molar-refractivity contribution in [2.45, 2.75) is 0 Å². The van der Waals surface area contributed by atoms with Gasteiger partial charge in [0.15, 0.2) is 5.65 Å². The van der Waals surface area contributed by atoms with Crippen LogP contribution < -0.4 is 10.2 Å². The summed E-state index contributed by atoms with van der Waals surface area (Å²) in [5, 5.41) is 8.10.